The van der Waals surface area contributed by atoms with Crippen LogP contribution in [-0.4, -0.2) is 11.1 Å². The third kappa shape index (κ3) is 3.01. The molecule has 2 aromatic carbocycles. The maximum absolute atomic E-state index is 3.41. The Morgan fingerprint density at radius 1 is 1.05 bits per heavy atom. The van der Waals surface area contributed by atoms with Gasteiger partial charge in [0.05, 0.1) is 0 Å². The Balaban J connectivity index is 1.93. The molecule has 0 saturated heterocycles. The van der Waals surface area contributed by atoms with Crippen molar-refractivity contribution in [3.8, 4) is 0 Å². The van der Waals surface area contributed by atoms with Crippen LogP contribution in [0, 0.1) is 6.92 Å². The van der Waals surface area contributed by atoms with Crippen molar-refractivity contribution in [2.24, 2.45) is 0 Å². The first-order valence-electron chi connectivity index (χ1n) is 7.61. The highest BCUT2D eigenvalue weighted by atomic mass is 15.0. The number of nitrogens with one attached hydrogen (secondary N) is 1. The quantitative estimate of drug-likeness (QED) is 0.743. The minimum Gasteiger partial charge on any atom is -0.343 e. The minimum absolute atomic E-state index is 0.926. The number of benzene rings is 2. The van der Waals surface area contributed by atoms with Crippen LogP contribution < -0.4 is 5.32 Å². The Bertz CT molecular complexity index is 740. The van der Waals surface area contributed by atoms with Crippen molar-refractivity contribution in [2.45, 2.75) is 26.9 Å². The molecule has 1 heterocycles. The zero-order valence-electron chi connectivity index (χ0n) is 12.8. The van der Waals surface area contributed by atoms with Crippen molar-refractivity contribution in [3.05, 3.63) is 71.4 Å². The summed E-state index contributed by atoms with van der Waals surface area (Å²) in [6, 6.07) is 17.5. The lowest BCUT2D eigenvalue weighted by molar-refractivity contribution is 0.730. The van der Waals surface area contributed by atoms with E-state index in [9.17, 15) is 0 Å². The van der Waals surface area contributed by atoms with Crippen LogP contribution in [0.5, 0.6) is 0 Å². The molecule has 0 bridgehead atoms. The Hall–Kier alpha value is -2.06. The largest absolute Gasteiger partial charge is 0.343 e. The normalized spacial score (nSPS) is 11.1. The molecule has 108 valence electrons. The fourth-order valence-electron chi connectivity index (χ4n) is 2.85. The summed E-state index contributed by atoms with van der Waals surface area (Å²) in [5.74, 6) is 0. The predicted octanol–water partition coefficient (Wildman–Crippen LogP) is 4.11. The average molecular weight is 278 g/mol. The number of hydrogen-bond donors (Lipinski definition) is 1. The van der Waals surface area contributed by atoms with Gasteiger partial charge in [0, 0.05) is 30.2 Å². The molecule has 2 nitrogen and oxygen atoms in total. The first-order chi connectivity index (χ1) is 10.3. The van der Waals surface area contributed by atoms with E-state index in [1.807, 2.05) is 0 Å². The van der Waals surface area contributed by atoms with E-state index in [0.717, 1.165) is 19.6 Å². The van der Waals surface area contributed by atoms with Crippen LogP contribution in [0.25, 0.3) is 10.9 Å². The van der Waals surface area contributed by atoms with Gasteiger partial charge in [0.2, 0.25) is 0 Å². The number of fused-ring (bicyclic) bond motifs is 1. The molecule has 0 radical (unpaired) electrons. The molecule has 0 spiro atoms. The fourth-order valence-corrected chi connectivity index (χ4v) is 2.85. The van der Waals surface area contributed by atoms with E-state index in [-0.39, 0.29) is 0 Å². The van der Waals surface area contributed by atoms with E-state index >= 15 is 0 Å². The summed E-state index contributed by atoms with van der Waals surface area (Å²) in [6.45, 7) is 7.15. The Kier molecular flexibility index (Phi) is 4.07. The first-order valence-corrected chi connectivity index (χ1v) is 7.61. The van der Waals surface area contributed by atoms with Crippen LogP contribution in [0.2, 0.25) is 0 Å². The van der Waals surface area contributed by atoms with Crippen LogP contribution in [0.3, 0.4) is 0 Å². The summed E-state index contributed by atoms with van der Waals surface area (Å²) < 4.78 is 2.33. The smallest absolute Gasteiger partial charge is 0.0486 e. The molecular weight excluding hydrogens is 256 g/mol. The summed E-state index contributed by atoms with van der Waals surface area (Å²) in [5.41, 5.74) is 5.35. The highest BCUT2D eigenvalue weighted by molar-refractivity contribution is 5.83. The van der Waals surface area contributed by atoms with Gasteiger partial charge in [0.25, 0.3) is 0 Å². The Morgan fingerprint density at radius 2 is 1.90 bits per heavy atom. The molecule has 2 heteroatoms. The lowest BCUT2D eigenvalue weighted by Crippen LogP contribution is -2.11. The van der Waals surface area contributed by atoms with Gasteiger partial charge in [-0.3, -0.25) is 0 Å². The summed E-state index contributed by atoms with van der Waals surface area (Å²) >= 11 is 0. The van der Waals surface area contributed by atoms with Crippen LogP contribution >= 0.6 is 0 Å². The van der Waals surface area contributed by atoms with Crippen LogP contribution in [-0.2, 0) is 13.1 Å². The maximum atomic E-state index is 3.41. The second-order valence-corrected chi connectivity index (χ2v) is 5.56. The van der Waals surface area contributed by atoms with Crippen LogP contribution in [0.1, 0.15) is 23.6 Å². The van der Waals surface area contributed by atoms with Crippen LogP contribution in [0.4, 0.5) is 0 Å². The number of hydrogen-bond acceptors (Lipinski definition) is 1. The minimum atomic E-state index is 0.926. The van der Waals surface area contributed by atoms with Crippen LogP contribution in [0.15, 0.2) is 54.7 Å². The standard InChI is InChI=1S/C19H22N2/c1-3-20-13-17-8-5-9-19-18(17)10-11-21(19)14-16-7-4-6-15(2)12-16/h4-12,20H,3,13-14H2,1-2H3. The zero-order valence-corrected chi connectivity index (χ0v) is 12.8. The third-order valence-corrected chi connectivity index (χ3v) is 3.90. The monoisotopic (exact) mass is 278 g/mol. The number of rotatable bonds is 5. The number of aryl methyl sites for hydroxylation is 1. The number of nitrogens with zero attached hydrogens (tertiary/aromatic N) is 1. The molecular formula is C19H22N2. The topological polar surface area (TPSA) is 17.0 Å². The van der Waals surface area contributed by atoms with Crippen molar-refractivity contribution in [2.75, 3.05) is 6.54 Å². The first kappa shape index (κ1) is 13.9. The van der Waals surface area contributed by atoms with Crippen molar-refractivity contribution >= 4 is 10.9 Å². The summed E-state index contributed by atoms with van der Waals surface area (Å²) in [6.07, 6.45) is 2.20. The Labute approximate surface area is 126 Å². The van der Waals surface area contributed by atoms with Crippen molar-refractivity contribution in [1.29, 1.82) is 0 Å². The number of aromatic nitrogens is 1. The van der Waals surface area contributed by atoms with Gasteiger partial charge in [-0.25, -0.2) is 0 Å². The van der Waals surface area contributed by atoms with Gasteiger partial charge in [-0.2, -0.15) is 0 Å². The van der Waals surface area contributed by atoms with E-state index in [1.165, 1.54) is 27.6 Å². The van der Waals surface area contributed by atoms with E-state index in [1.54, 1.807) is 0 Å². The second kappa shape index (κ2) is 6.15. The molecule has 0 saturated carbocycles. The molecule has 0 aliphatic rings. The van der Waals surface area contributed by atoms with Crippen molar-refractivity contribution in [1.82, 2.24) is 9.88 Å². The summed E-state index contributed by atoms with van der Waals surface area (Å²) in [7, 11) is 0. The molecule has 0 aliphatic carbocycles. The van der Waals surface area contributed by atoms with Gasteiger partial charge >= 0.3 is 0 Å². The van der Waals surface area contributed by atoms with E-state index in [2.05, 4.69) is 78.5 Å². The average Bonchev–Trinajstić information content (AvgIpc) is 2.89. The molecule has 1 aromatic heterocycles. The maximum Gasteiger partial charge on any atom is 0.0486 e. The van der Waals surface area contributed by atoms with Gasteiger partial charge in [0.15, 0.2) is 0 Å². The summed E-state index contributed by atoms with van der Waals surface area (Å²) in [4.78, 5) is 0. The molecule has 0 aliphatic heterocycles. The zero-order chi connectivity index (χ0) is 14.7. The summed E-state index contributed by atoms with van der Waals surface area (Å²) in [5, 5.41) is 4.77. The lowest BCUT2D eigenvalue weighted by Gasteiger charge is -2.08. The van der Waals surface area contributed by atoms with Crippen molar-refractivity contribution < 1.29 is 0 Å². The SMILES string of the molecule is CCNCc1cccc2c1ccn2Cc1cccc(C)c1. The fraction of sp³-hybridized carbons (Fsp3) is 0.263. The van der Waals surface area contributed by atoms with Gasteiger partial charge in [-0.15, -0.1) is 0 Å². The highest BCUT2D eigenvalue weighted by Gasteiger charge is 2.05. The molecule has 3 rings (SSSR count). The molecule has 0 fully saturated rings. The van der Waals surface area contributed by atoms with E-state index in [4.69, 9.17) is 0 Å². The van der Waals surface area contributed by atoms with Gasteiger partial charge in [0.1, 0.15) is 0 Å². The lowest BCUT2D eigenvalue weighted by atomic mass is 10.1. The third-order valence-electron chi connectivity index (χ3n) is 3.90. The molecule has 21 heavy (non-hydrogen) atoms. The van der Waals surface area contributed by atoms with E-state index < -0.39 is 0 Å². The van der Waals surface area contributed by atoms with E-state index in [0.29, 0.717) is 0 Å². The highest BCUT2D eigenvalue weighted by Crippen LogP contribution is 2.21. The Morgan fingerprint density at radius 3 is 2.71 bits per heavy atom. The van der Waals surface area contributed by atoms with Gasteiger partial charge in [-0.05, 0) is 36.7 Å². The molecule has 1 N–H and O–H groups in total. The van der Waals surface area contributed by atoms with Gasteiger partial charge < -0.3 is 9.88 Å². The molecule has 0 unspecified atom stereocenters. The predicted molar refractivity (Wildman–Crippen MR) is 89.6 cm³/mol. The molecule has 0 amide bonds. The molecule has 0 atom stereocenters. The second-order valence-electron chi connectivity index (χ2n) is 5.56. The van der Waals surface area contributed by atoms with Crippen molar-refractivity contribution in [3.63, 3.8) is 0 Å². The molecule has 3 aromatic rings. The van der Waals surface area contributed by atoms with Gasteiger partial charge in [-0.1, -0.05) is 48.9 Å².